The van der Waals surface area contributed by atoms with Gasteiger partial charge in [-0.1, -0.05) is 25.7 Å². The van der Waals surface area contributed by atoms with E-state index in [1.165, 1.54) is 4.90 Å². The van der Waals surface area contributed by atoms with Gasteiger partial charge in [-0.3, -0.25) is 24.1 Å². The topological polar surface area (TPSA) is 101 Å². The minimum absolute atomic E-state index is 0.0446. The molecule has 1 aliphatic carbocycles. The van der Waals surface area contributed by atoms with Crippen LogP contribution in [0, 0.1) is 5.92 Å². The van der Waals surface area contributed by atoms with Gasteiger partial charge in [-0.15, -0.1) is 0 Å². The smallest absolute Gasteiger partial charge is 0.261 e. The van der Waals surface area contributed by atoms with E-state index in [1.54, 1.807) is 23.1 Å². The molecule has 154 valence electrons. The van der Waals surface area contributed by atoms with E-state index >= 15 is 0 Å². The summed E-state index contributed by atoms with van der Waals surface area (Å²) in [7, 11) is 0. The summed E-state index contributed by atoms with van der Waals surface area (Å²) in [6.07, 6.45) is 7.16. The summed E-state index contributed by atoms with van der Waals surface area (Å²) in [5.41, 5.74) is 6.49. The fourth-order valence-electron chi connectivity index (χ4n) is 4.79. The largest absolute Gasteiger partial charge is 0.369 e. The van der Waals surface area contributed by atoms with Crippen molar-refractivity contribution in [3.8, 4) is 0 Å². The molecule has 1 saturated carbocycles. The molecule has 0 atom stereocenters. The van der Waals surface area contributed by atoms with Crippen molar-refractivity contribution in [2.75, 3.05) is 13.1 Å². The SMILES string of the molecule is NC(=O)C1CCN(C(=O)c2ccc3c(c2)C(=O)N(C2CCCCCC2)C3=O)CC1. The molecule has 1 aromatic rings. The highest BCUT2D eigenvalue weighted by Crippen LogP contribution is 2.31. The first-order valence-corrected chi connectivity index (χ1v) is 10.6. The molecule has 1 saturated heterocycles. The molecule has 0 bridgehead atoms. The van der Waals surface area contributed by atoms with Crippen LogP contribution in [0.25, 0.3) is 0 Å². The number of likely N-dealkylation sites (tertiary alicyclic amines) is 1. The number of carbonyl (C=O) groups excluding carboxylic acids is 4. The van der Waals surface area contributed by atoms with Crippen molar-refractivity contribution in [1.82, 2.24) is 9.80 Å². The fourth-order valence-corrected chi connectivity index (χ4v) is 4.79. The molecule has 4 rings (SSSR count). The van der Waals surface area contributed by atoms with Crippen molar-refractivity contribution in [3.63, 3.8) is 0 Å². The Morgan fingerprint density at radius 2 is 1.48 bits per heavy atom. The first-order valence-electron chi connectivity index (χ1n) is 10.6. The van der Waals surface area contributed by atoms with Crippen LogP contribution in [0.2, 0.25) is 0 Å². The summed E-state index contributed by atoms with van der Waals surface area (Å²) in [6, 6.07) is 4.75. The second kappa shape index (κ2) is 7.97. The molecule has 0 aromatic heterocycles. The van der Waals surface area contributed by atoms with E-state index in [4.69, 9.17) is 5.73 Å². The summed E-state index contributed by atoms with van der Waals surface area (Å²) in [6.45, 7) is 0.926. The highest BCUT2D eigenvalue weighted by Gasteiger charge is 2.40. The van der Waals surface area contributed by atoms with Gasteiger partial charge in [-0.05, 0) is 43.9 Å². The molecule has 2 aliphatic heterocycles. The van der Waals surface area contributed by atoms with E-state index in [1.807, 2.05) is 0 Å². The van der Waals surface area contributed by atoms with Crippen LogP contribution in [-0.2, 0) is 4.79 Å². The molecule has 0 radical (unpaired) electrons. The molecule has 0 unspecified atom stereocenters. The van der Waals surface area contributed by atoms with Crippen LogP contribution in [0.4, 0.5) is 0 Å². The minimum atomic E-state index is -0.322. The van der Waals surface area contributed by atoms with Gasteiger partial charge in [0.15, 0.2) is 0 Å². The lowest BCUT2D eigenvalue weighted by molar-refractivity contribution is -0.123. The van der Waals surface area contributed by atoms with E-state index in [-0.39, 0.29) is 35.6 Å². The first-order chi connectivity index (χ1) is 14.0. The molecule has 7 heteroatoms. The molecule has 2 fully saturated rings. The molecule has 0 spiro atoms. The van der Waals surface area contributed by atoms with Crippen LogP contribution < -0.4 is 5.73 Å². The van der Waals surface area contributed by atoms with Crippen LogP contribution in [0.1, 0.15) is 82.4 Å². The molecule has 4 amide bonds. The number of carbonyl (C=O) groups is 4. The van der Waals surface area contributed by atoms with Crippen molar-refractivity contribution >= 4 is 23.6 Å². The van der Waals surface area contributed by atoms with Crippen LogP contribution in [0.3, 0.4) is 0 Å². The summed E-state index contributed by atoms with van der Waals surface area (Å²) >= 11 is 0. The molecule has 1 aromatic carbocycles. The highest BCUT2D eigenvalue weighted by molar-refractivity contribution is 6.22. The number of amides is 4. The second-order valence-corrected chi connectivity index (χ2v) is 8.35. The third kappa shape index (κ3) is 3.66. The Bertz CT molecular complexity index is 850. The summed E-state index contributed by atoms with van der Waals surface area (Å²) in [4.78, 5) is 53.2. The predicted octanol–water partition coefficient (Wildman–Crippen LogP) is 2.34. The minimum Gasteiger partial charge on any atom is -0.369 e. The Balaban J connectivity index is 1.51. The van der Waals surface area contributed by atoms with Gasteiger partial charge in [-0.2, -0.15) is 0 Å². The molecule has 3 aliphatic rings. The molecule has 7 nitrogen and oxygen atoms in total. The zero-order valence-corrected chi connectivity index (χ0v) is 16.6. The highest BCUT2D eigenvalue weighted by atomic mass is 16.2. The maximum atomic E-state index is 13.0. The monoisotopic (exact) mass is 397 g/mol. The number of rotatable bonds is 3. The Hall–Kier alpha value is -2.70. The normalized spacial score (nSPS) is 21.2. The fraction of sp³-hybridized carbons (Fsp3) is 0.545. The average Bonchev–Trinajstić information content (AvgIpc) is 2.90. The van der Waals surface area contributed by atoms with Crippen LogP contribution in [-0.4, -0.2) is 52.6 Å². The van der Waals surface area contributed by atoms with E-state index in [0.717, 1.165) is 38.5 Å². The van der Waals surface area contributed by atoms with Crippen molar-refractivity contribution in [3.05, 3.63) is 34.9 Å². The summed E-state index contributed by atoms with van der Waals surface area (Å²) < 4.78 is 0. The maximum Gasteiger partial charge on any atom is 0.261 e. The number of piperidine rings is 1. The maximum absolute atomic E-state index is 13.0. The van der Waals surface area contributed by atoms with Gasteiger partial charge >= 0.3 is 0 Å². The number of fused-ring (bicyclic) bond motifs is 1. The van der Waals surface area contributed by atoms with E-state index in [0.29, 0.717) is 42.6 Å². The van der Waals surface area contributed by atoms with Crippen LogP contribution in [0.5, 0.6) is 0 Å². The lowest BCUT2D eigenvalue weighted by Crippen LogP contribution is -2.41. The van der Waals surface area contributed by atoms with Gasteiger partial charge in [0, 0.05) is 30.6 Å². The van der Waals surface area contributed by atoms with E-state index in [9.17, 15) is 19.2 Å². The third-order valence-corrected chi connectivity index (χ3v) is 6.54. The first kappa shape index (κ1) is 19.6. The number of hydrogen-bond donors (Lipinski definition) is 1. The van der Waals surface area contributed by atoms with Crippen molar-refractivity contribution in [1.29, 1.82) is 0 Å². The van der Waals surface area contributed by atoms with Crippen LogP contribution in [0.15, 0.2) is 18.2 Å². The van der Waals surface area contributed by atoms with Crippen molar-refractivity contribution in [2.24, 2.45) is 11.7 Å². The Kier molecular flexibility index (Phi) is 5.39. The van der Waals surface area contributed by atoms with Gasteiger partial charge in [0.1, 0.15) is 0 Å². The summed E-state index contributed by atoms with van der Waals surface area (Å²) in [5.74, 6) is -1.20. The number of imide groups is 1. The van der Waals surface area contributed by atoms with Crippen molar-refractivity contribution < 1.29 is 19.2 Å². The van der Waals surface area contributed by atoms with Gasteiger partial charge in [0.05, 0.1) is 11.1 Å². The number of primary amides is 1. The van der Waals surface area contributed by atoms with E-state index < -0.39 is 0 Å². The van der Waals surface area contributed by atoms with Gasteiger partial charge in [-0.25, -0.2) is 0 Å². The third-order valence-electron chi connectivity index (χ3n) is 6.54. The standard InChI is InChI=1S/C22H27N3O4/c23-19(26)14-9-11-24(12-10-14)20(27)15-7-8-17-18(13-15)22(29)25(21(17)28)16-5-3-1-2-4-6-16/h7-8,13-14,16H,1-6,9-12H2,(H2,23,26). The lowest BCUT2D eigenvalue weighted by atomic mass is 9.95. The molecule has 2 N–H and O–H groups in total. The zero-order chi connectivity index (χ0) is 20.5. The van der Waals surface area contributed by atoms with Crippen molar-refractivity contribution in [2.45, 2.75) is 57.4 Å². The quantitative estimate of drug-likeness (QED) is 0.625. The van der Waals surface area contributed by atoms with Gasteiger partial charge < -0.3 is 10.6 Å². The number of nitrogens with two attached hydrogens (primary N) is 1. The Morgan fingerprint density at radius 1 is 0.862 bits per heavy atom. The number of hydrogen-bond acceptors (Lipinski definition) is 4. The van der Waals surface area contributed by atoms with Crippen LogP contribution >= 0.6 is 0 Å². The Morgan fingerprint density at radius 3 is 2.10 bits per heavy atom. The number of nitrogens with zero attached hydrogens (tertiary/aromatic N) is 2. The summed E-state index contributed by atoms with van der Waals surface area (Å²) in [5, 5.41) is 0. The molecular weight excluding hydrogens is 370 g/mol. The number of benzene rings is 1. The predicted molar refractivity (Wildman–Crippen MR) is 106 cm³/mol. The second-order valence-electron chi connectivity index (χ2n) is 8.35. The molecule has 2 heterocycles. The van der Waals surface area contributed by atoms with E-state index in [2.05, 4.69) is 0 Å². The van der Waals surface area contributed by atoms with Gasteiger partial charge in [0.25, 0.3) is 17.7 Å². The molecule has 29 heavy (non-hydrogen) atoms. The Labute approximate surface area is 170 Å². The zero-order valence-electron chi connectivity index (χ0n) is 16.6. The van der Waals surface area contributed by atoms with Gasteiger partial charge in [0.2, 0.25) is 5.91 Å². The lowest BCUT2D eigenvalue weighted by Gasteiger charge is -2.30. The average molecular weight is 397 g/mol. The molecular formula is C22H27N3O4.